The van der Waals surface area contributed by atoms with Crippen molar-refractivity contribution in [3.8, 4) is 0 Å². The molecule has 0 fully saturated rings. The van der Waals surface area contributed by atoms with Crippen LogP contribution in [0, 0.1) is 0 Å². The number of halogens is 1. The number of hydrogen-bond acceptors (Lipinski definition) is 2. The molecule has 0 atom stereocenters. The second kappa shape index (κ2) is 3.21. The summed E-state index contributed by atoms with van der Waals surface area (Å²) in [6, 6.07) is 1.60. The van der Waals surface area contributed by atoms with Gasteiger partial charge in [0.05, 0.1) is 5.69 Å². The van der Waals surface area contributed by atoms with E-state index >= 15 is 0 Å². The molecule has 3 nitrogen and oxygen atoms in total. The SMILES string of the molecule is Cl.O=Cc1ccn[nH]1. The topological polar surface area (TPSA) is 45.8 Å². The van der Waals surface area contributed by atoms with E-state index < -0.39 is 0 Å². The highest BCUT2D eigenvalue weighted by molar-refractivity contribution is 5.85. The molecule has 0 amide bonds. The molecule has 0 aliphatic rings. The van der Waals surface area contributed by atoms with Gasteiger partial charge in [-0.1, -0.05) is 0 Å². The summed E-state index contributed by atoms with van der Waals surface area (Å²) < 4.78 is 0. The van der Waals surface area contributed by atoms with Gasteiger partial charge >= 0.3 is 0 Å². The lowest BCUT2D eigenvalue weighted by Crippen LogP contribution is -1.75. The van der Waals surface area contributed by atoms with Crippen molar-refractivity contribution >= 4 is 18.7 Å². The molecule has 0 unspecified atom stereocenters. The zero-order valence-corrected chi connectivity index (χ0v) is 4.81. The highest BCUT2D eigenvalue weighted by Gasteiger charge is 1.82. The summed E-state index contributed by atoms with van der Waals surface area (Å²) in [6.07, 6.45) is 2.25. The van der Waals surface area contributed by atoms with Crippen LogP contribution in [0.5, 0.6) is 0 Å². The Bertz CT molecular complexity index is 149. The van der Waals surface area contributed by atoms with E-state index in [1.807, 2.05) is 0 Å². The Morgan fingerprint density at radius 3 is 2.75 bits per heavy atom. The lowest BCUT2D eigenvalue weighted by atomic mass is 10.5. The van der Waals surface area contributed by atoms with Crippen LogP contribution in [0.25, 0.3) is 0 Å². The lowest BCUT2D eigenvalue weighted by molar-refractivity contribution is 0.111. The minimum absolute atomic E-state index is 0. The third-order valence-electron chi connectivity index (χ3n) is 0.649. The molecule has 0 spiro atoms. The molecule has 1 N–H and O–H groups in total. The number of nitrogens with one attached hydrogen (secondary N) is 1. The van der Waals surface area contributed by atoms with Crippen molar-refractivity contribution in [2.45, 2.75) is 0 Å². The van der Waals surface area contributed by atoms with Crippen LogP contribution in [0.2, 0.25) is 0 Å². The van der Waals surface area contributed by atoms with Gasteiger partial charge in [0.1, 0.15) is 0 Å². The average molecular weight is 133 g/mol. The molecule has 44 valence electrons. The van der Waals surface area contributed by atoms with E-state index in [0.717, 1.165) is 0 Å². The summed E-state index contributed by atoms with van der Waals surface area (Å²) in [5, 5.41) is 6.01. The second-order valence-electron chi connectivity index (χ2n) is 1.13. The average Bonchev–Trinajstić information content (AvgIpc) is 2.14. The monoisotopic (exact) mass is 132 g/mol. The number of rotatable bonds is 1. The molecule has 0 aliphatic carbocycles. The quantitative estimate of drug-likeness (QED) is 0.570. The minimum atomic E-state index is 0. The van der Waals surface area contributed by atoms with Crippen molar-refractivity contribution in [1.29, 1.82) is 0 Å². The zero-order chi connectivity index (χ0) is 5.11. The van der Waals surface area contributed by atoms with Gasteiger partial charge in [-0.3, -0.25) is 9.89 Å². The van der Waals surface area contributed by atoms with Crippen molar-refractivity contribution in [3.63, 3.8) is 0 Å². The van der Waals surface area contributed by atoms with Crippen LogP contribution in [0.1, 0.15) is 10.5 Å². The first-order valence-electron chi connectivity index (χ1n) is 1.88. The molecular formula is C4H5ClN2O. The van der Waals surface area contributed by atoms with Crippen LogP contribution in [0.4, 0.5) is 0 Å². The molecule has 0 aliphatic heterocycles. The van der Waals surface area contributed by atoms with Crippen LogP contribution in [0.3, 0.4) is 0 Å². The molecule has 0 saturated heterocycles. The fourth-order valence-corrected chi connectivity index (χ4v) is 0.332. The van der Waals surface area contributed by atoms with Gasteiger partial charge in [0.15, 0.2) is 6.29 Å². The Morgan fingerprint density at radius 1 is 1.75 bits per heavy atom. The van der Waals surface area contributed by atoms with Crippen molar-refractivity contribution < 1.29 is 4.79 Å². The summed E-state index contributed by atoms with van der Waals surface area (Å²) in [4.78, 5) is 9.80. The van der Waals surface area contributed by atoms with Crippen molar-refractivity contribution in [2.75, 3.05) is 0 Å². The van der Waals surface area contributed by atoms with Crippen LogP contribution >= 0.6 is 12.4 Å². The number of hydrogen-bond donors (Lipinski definition) is 1. The maximum Gasteiger partial charge on any atom is 0.167 e. The minimum Gasteiger partial charge on any atom is -0.296 e. The first-order chi connectivity index (χ1) is 3.43. The van der Waals surface area contributed by atoms with Crippen LogP contribution in [0.15, 0.2) is 12.3 Å². The van der Waals surface area contributed by atoms with Crippen LogP contribution in [-0.2, 0) is 0 Å². The first kappa shape index (κ1) is 7.17. The Labute approximate surface area is 52.5 Å². The predicted molar refractivity (Wildman–Crippen MR) is 31.2 cm³/mol. The number of carbonyl (C=O) groups excluding carboxylic acids is 1. The third-order valence-corrected chi connectivity index (χ3v) is 0.649. The van der Waals surface area contributed by atoms with Gasteiger partial charge in [-0.05, 0) is 6.07 Å². The number of nitrogens with zero attached hydrogens (tertiary/aromatic N) is 1. The summed E-state index contributed by atoms with van der Waals surface area (Å²) >= 11 is 0. The fraction of sp³-hybridized carbons (Fsp3) is 0. The number of aromatic nitrogens is 2. The predicted octanol–water partition coefficient (Wildman–Crippen LogP) is 0.644. The van der Waals surface area contributed by atoms with E-state index in [1.54, 1.807) is 6.07 Å². The van der Waals surface area contributed by atoms with Crippen LogP contribution < -0.4 is 0 Å². The number of H-pyrrole nitrogens is 1. The Hall–Kier alpha value is -0.830. The molecule has 1 heterocycles. The summed E-state index contributed by atoms with van der Waals surface area (Å²) in [6.45, 7) is 0. The van der Waals surface area contributed by atoms with Gasteiger partial charge in [-0.2, -0.15) is 5.10 Å². The molecule has 1 aromatic rings. The van der Waals surface area contributed by atoms with Crippen molar-refractivity contribution in [3.05, 3.63) is 18.0 Å². The molecular weight excluding hydrogens is 128 g/mol. The van der Waals surface area contributed by atoms with E-state index in [0.29, 0.717) is 12.0 Å². The number of aromatic amines is 1. The molecule has 0 radical (unpaired) electrons. The van der Waals surface area contributed by atoms with Crippen molar-refractivity contribution in [2.24, 2.45) is 0 Å². The van der Waals surface area contributed by atoms with Gasteiger partial charge in [0, 0.05) is 6.20 Å². The number of carbonyl (C=O) groups is 1. The maximum atomic E-state index is 9.80. The Kier molecular flexibility index (Phi) is 2.88. The summed E-state index contributed by atoms with van der Waals surface area (Å²) in [5.74, 6) is 0. The van der Waals surface area contributed by atoms with Gasteiger partial charge in [0.25, 0.3) is 0 Å². The highest BCUT2D eigenvalue weighted by Crippen LogP contribution is 1.81. The normalized spacial score (nSPS) is 7.50. The first-order valence-corrected chi connectivity index (χ1v) is 1.88. The van der Waals surface area contributed by atoms with Gasteiger partial charge < -0.3 is 0 Å². The van der Waals surface area contributed by atoms with E-state index in [2.05, 4.69) is 10.2 Å². The molecule has 0 saturated carbocycles. The number of aldehydes is 1. The van der Waals surface area contributed by atoms with E-state index in [-0.39, 0.29) is 12.4 Å². The lowest BCUT2D eigenvalue weighted by Gasteiger charge is -1.68. The molecule has 1 aromatic heterocycles. The molecule has 0 bridgehead atoms. The maximum absolute atomic E-state index is 9.80. The van der Waals surface area contributed by atoms with Gasteiger partial charge in [-0.15, -0.1) is 12.4 Å². The standard InChI is InChI=1S/C4H4N2O.ClH/c7-3-4-1-2-5-6-4;/h1-3H,(H,5,6);1H. The van der Waals surface area contributed by atoms with Gasteiger partial charge in [-0.25, -0.2) is 0 Å². The van der Waals surface area contributed by atoms with E-state index in [1.165, 1.54) is 6.20 Å². The third kappa shape index (κ3) is 1.35. The van der Waals surface area contributed by atoms with E-state index in [4.69, 9.17) is 0 Å². The van der Waals surface area contributed by atoms with Crippen LogP contribution in [-0.4, -0.2) is 16.5 Å². The Morgan fingerprint density at radius 2 is 2.50 bits per heavy atom. The summed E-state index contributed by atoms with van der Waals surface area (Å²) in [7, 11) is 0. The molecule has 4 heteroatoms. The zero-order valence-electron chi connectivity index (χ0n) is 4.00. The second-order valence-corrected chi connectivity index (χ2v) is 1.13. The summed E-state index contributed by atoms with van der Waals surface area (Å²) in [5.41, 5.74) is 0.514. The van der Waals surface area contributed by atoms with Crippen molar-refractivity contribution in [1.82, 2.24) is 10.2 Å². The largest absolute Gasteiger partial charge is 0.296 e. The van der Waals surface area contributed by atoms with E-state index in [9.17, 15) is 4.79 Å². The smallest absolute Gasteiger partial charge is 0.167 e. The molecule has 8 heavy (non-hydrogen) atoms. The fourth-order valence-electron chi connectivity index (χ4n) is 0.332. The Balaban J connectivity index is 0.000000490. The highest BCUT2D eigenvalue weighted by atomic mass is 35.5. The van der Waals surface area contributed by atoms with Gasteiger partial charge in [0.2, 0.25) is 0 Å². The molecule has 0 aromatic carbocycles. The molecule has 1 rings (SSSR count).